The molecule has 28 heavy (non-hydrogen) atoms. The third kappa shape index (κ3) is 5.45. The number of primary amides is 1. The van der Waals surface area contributed by atoms with Gasteiger partial charge in [-0.2, -0.15) is 5.10 Å². The predicted octanol–water partition coefficient (Wildman–Crippen LogP) is 0.799. The molecule has 1 aliphatic heterocycles. The molecular formula is C19H26N4O5. The summed E-state index contributed by atoms with van der Waals surface area (Å²) in [6.07, 6.45) is 4.46. The summed E-state index contributed by atoms with van der Waals surface area (Å²) in [6.45, 7) is 4.03. The number of rotatable bonds is 6. The summed E-state index contributed by atoms with van der Waals surface area (Å²) in [4.78, 5) is 36.2. The van der Waals surface area contributed by atoms with Crippen LogP contribution in [0.3, 0.4) is 0 Å². The van der Waals surface area contributed by atoms with E-state index in [2.05, 4.69) is 18.9 Å². The van der Waals surface area contributed by atoms with Crippen molar-refractivity contribution in [2.24, 2.45) is 10.8 Å². The molecule has 2 rings (SSSR count). The first kappa shape index (κ1) is 21.2. The molecule has 1 saturated heterocycles. The van der Waals surface area contributed by atoms with Gasteiger partial charge in [0.25, 0.3) is 5.91 Å². The molecule has 1 heterocycles. The predicted molar refractivity (Wildman–Crippen MR) is 103 cm³/mol. The van der Waals surface area contributed by atoms with E-state index in [0.717, 1.165) is 19.3 Å². The zero-order valence-corrected chi connectivity index (χ0v) is 16.3. The lowest BCUT2D eigenvalue weighted by Gasteiger charge is -2.39. The average molecular weight is 390 g/mol. The first-order valence-electron chi connectivity index (χ1n) is 9.08. The van der Waals surface area contributed by atoms with Crippen molar-refractivity contribution in [3.8, 4) is 11.5 Å². The van der Waals surface area contributed by atoms with Crippen molar-refractivity contribution in [2.75, 3.05) is 13.7 Å². The van der Waals surface area contributed by atoms with E-state index < -0.39 is 11.8 Å². The van der Waals surface area contributed by atoms with Crippen LogP contribution in [0.25, 0.3) is 0 Å². The molecule has 3 N–H and O–H groups in total. The third-order valence-electron chi connectivity index (χ3n) is 4.62. The van der Waals surface area contributed by atoms with Crippen molar-refractivity contribution >= 4 is 23.9 Å². The molecule has 2 unspecified atom stereocenters. The molecule has 0 bridgehead atoms. The number of nitrogens with two attached hydrogens (primary N) is 1. The van der Waals surface area contributed by atoms with Crippen LogP contribution >= 0.6 is 0 Å². The number of likely N-dealkylation sites (tertiary alicyclic amines) is 1. The number of hydrazone groups is 1. The van der Waals surface area contributed by atoms with Gasteiger partial charge in [0.2, 0.25) is 0 Å². The first-order chi connectivity index (χ1) is 13.3. The maximum Gasteiger partial charge on any atom is 0.329 e. The van der Waals surface area contributed by atoms with E-state index in [9.17, 15) is 14.4 Å². The smallest absolute Gasteiger partial charge is 0.329 e. The van der Waals surface area contributed by atoms with E-state index in [4.69, 9.17) is 15.2 Å². The fraction of sp³-hybridized carbons (Fsp3) is 0.474. The van der Waals surface area contributed by atoms with Gasteiger partial charge in [-0.3, -0.25) is 14.4 Å². The number of hydrogen-bond acceptors (Lipinski definition) is 6. The maximum atomic E-state index is 12.6. The highest BCUT2D eigenvalue weighted by Crippen LogP contribution is 2.28. The Balaban J connectivity index is 2.00. The second-order valence-corrected chi connectivity index (χ2v) is 6.69. The van der Waals surface area contributed by atoms with Crippen molar-refractivity contribution in [2.45, 2.75) is 45.2 Å². The molecule has 0 aliphatic carbocycles. The summed E-state index contributed by atoms with van der Waals surface area (Å²) in [5.41, 5.74) is 7.41. The van der Waals surface area contributed by atoms with Gasteiger partial charge in [-0.15, -0.1) is 0 Å². The van der Waals surface area contributed by atoms with Crippen LogP contribution in [0.1, 0.15) is 38.7 Å². The van der Waals surface area contributed by atoms with Crippen LogP contribution in [0, 0.1) is 0 Å². The molecule has 0 spiro atoms. The first-order valence-corrected chi connectivity index (χ1v) is 9.08. The Morgan fingerprint density at radius 3 is 2.54 bits per heavy atom. The van der Waals surface area contributed by atoms with Gasteiger partial charge in [-0.1, -0.05) is 0 Å². The Labute approximate surface area is 163 Å². The Kier molecular flexibility index (Phi) is 7.36. The number of nitrogens with zero attached hydrogens (tertiary/aromatic N) is 2. The molecule has 9 heteroatoms. The van der Waals surface area contributed by atoms with Gasteiger partial charge in [-0.25, -0.2) is 5.43 Å². The van der Waals surface area contributed by atoms with E-state index >= 15 is 0 Å². The van der Waals surface area contributed by atoms with Crippen molar-refractivity contribution in [1.29, 1.82) is 0 Å². The second kappa shape index (κ2) is 9.72. The van der Waals surface area contributed by atoms with E-state index in [-0.39, 0.29) is 24.6 Å². The summed E-state index contributed by atoms with van der Waals surface area (Å²) < 4.78 is 11.0. The minimum atomic E-state index is -1.12. The number of ether oxygens (including phenoxy) is 2. The van der Waals surface area contributed by atoms with Gasteiger partial charge in [0.05, 0.1) is 13.3 Å². The molecule has 9 nitrogen and oxygen atoms in total. The second-order valence-electron chi connectivity index (χ2n) is 6.69. The molecule has 1 fully saturated rings. The summed E-state index contributed by atoms with van der Waals surface area (Å²) >= 11 is 0. The molecule has 2 atom stereocenters. The third-order valence-corrected chi connectivity index (χ3v) is 4.62. The van der Waals surface area contributed by atoms with Crippen molar-refractivity contribution < 1.29 is 23.9 Å². The number of hydrogen-bond donors (Lipinski definition) is 2. The number of carbonyl (C=O) groups is 3. The SMILES string of the molecule is COc1cc(/C=N/NC(=O)C(N)=O)ccc1OCC(=O)N1C(C)CCCC1C. The number of benzene rings is 1. The lowest BCUT2D eigenvalue weighted by molar-refractivity contribution is -0.139. The average Bonchev–Trinajstić information content (AvgIpc) is 2.66. The number of methoxy groups -OCH3 is 1. The number of amides is 3. The largest absolute Gasteiger partial charge is 0.493 e. The maximum absolute atomic E-state index is 12.6. The molecule has 1 aliphatic rings. The minimum absolute atomic E-state index is 0.0541. The highest BCUT2D eigenvalue weighted by molar-refractivity contribution is 6.34. The van der Waals surface area contributed by atoms with Gasteiger partial charge in [-0.05, 0) is 56.9 Å². The summed E-state index contributed by atoms with van der Waals surface area (Å²) in [5.74, 6) is -1.35. The summed E-state index contributed by atoms with van der Waals surface area (Å²) in [7, 11) is 1.48. The quantitative estimate of drug-likeness (QED) is 0.422. The van der Waals surface area contributed by atoms with E-state index in [0.29, 0.717) is 17.1 Å². The lowest BCUT2D eigenvalue weighted by atomic mass is 9.97. The normalized spacial score (nSPS) is 19.3. The summed E-state index contributed by atoms with van der Waals surface area (Å²) in [5, 5.41) is 3.64. The highest BCUT2D eigenvalue weighted by Gasteiger charge is 2.29. The van der Waals surface area contributed by atoms with Gasteiger partial charge in [0, 0.05) is 12.1 Å². The Morgan fingerprint density at radius 1 is 1.25 bits per heavy atom. The molecule has 152 valence electrons. The zero-order valence-electron chi connectivity index (χ0n) is 16.3. The molecule has 0 radical (unpaired) electrons. The van der Waals surface area contributed by atoms with Crippen molar-refractivity contribution in [1.82, 2.24) is 10.3 Å². The monoisotopic (exact) mass is 390 g/mol. The fourth-order valence-corrected chi connectivity index (χ4v) is 3.23. The molecule has 1 aromatic carbocycles. The van der Waals surface area contributed by atoms with Crippen LogP contribution in [0.15, 0.2) is 23.3 Å². The van der Waals surface area contributed by atoms with Crippen LogP contribution in [-0.2, 0) is 14.4 Å². The molecular weight excluding hydrogens is 364 g/mol. The van der Waals surface area contributed by atoms with Crippen LogP contribution in [-0.4, -0.2) is 54.6 Å². The number of carbonyl (C=O) groups excluding carboxylic acids is 3. The van der Waals surface area contributed by atoms with E-state index in [1.165, 1.54) is 13.3 Å². The number of piperidine rings is 1. The fourth-order valence-electron chi connectivity index (χ4n) is 3.23. The van der Waals surface area contributed by atoms with Crippen LogP contribution < -0.4 is 20.6 Å². The molecule has 3 amide bonds. The molecule has 0 saturated carbocycles. The standard InChI is InChI=1S/C19H26N4O5/c1-12-5-4-6-13(2)23(12)17(24)11-28-15-8-7-14(9-16(15)27-3)10-21-22-19(26)18(20)25/h7-10,12-13H,4-6,11H2,1-3H3,(H2,20,25)(H,22,26)/b21-10+. The highest BCUT2D eigenvalue weighted by atomic mass is 16.5. The Hall–Kier alpha value is -3.10. The van der Waals surface area contributed by atoms with Crippen molar-refractivity contribution in [3.05, 3.63) is 23.8 Å². The van der Waals surface area contributed by atoms with Gasteiger partial charge < -0.3 is 20.1 Å². The Bertz CT molecular complexity index is 755. The van der Waals surface area contributed by atoms with Gasteiger partial charge >= 0.3 is 11.8 Å². The summed E-state index contributed by atoms with van der Waals surface area (Å²) in [6, 6.07) is 5.36. The van der Waals surface area contributed by atoms with E-state index in [1.807, 2.05) is 10.3 Å². The zero-order chi connectivity index (χ0) is 20.7. The Morgan fingerprint density at radius 2 is 1.93 bits per heavy atom. The molecule has 1 aromatic rings. The van der Waals surface area contributed by atoms with Crippen LogP contribution in [0.5, 0.6) is 11.5 Å². The van der Waals surface area contributed by atoms with Gasteiger partial charge in [0.1, 0.15) is 0 Å². The minimum Gasteiger partial charge on any atom is -0.493 e. The number of nitrogens with one attached hydrogen (secondary N) is 1. The van der Waals surface area contributed by atoms with Crippen LogP contribution in [0.2, 0.25) is 0 Å². The van der Waals surface area contributed by atoms with Gasteiger partial charge in [0.15, 0.2) is 18.1 Å². The lowest BCUT2D eigenvalue weighted by Crippen LogP contribution is -2.49. The van der Waals surface area contributed by atoms with Crippen molar-refractivity contribution in [3.63, 3.8) is 0 Å². The topological polar surface area (TPSA) is 123 Å². The molecule has 0 aromatic heterocycles. The van der Waals surface area contributed by atoms with E-state index in [1.54, 1.807) is 18.2 Å². The van der Waals surface area contributed by atoms with Crippen LogP contribution in [0.4, 0.5) is 0 Å².